The SMILES string of the molecule is Cc1ccc(C(N)C2(C)CCCO2)s1. The Kier molecular flexibility index (Phi) is 2.64. The zero-order valence-corrected chi connectivity index (χ0v) is 9.56. The Bertz CT molecular complexity index is 315. The van der Waals surface area contributed by atoms with Crippen LogP contribution in [-0.4, -0.2) is 12.2 Å². The van der Waals surface area contributed by atoms with Crippen molar-refractivity contribution in [3.8, 4) is 0 Å². The monoisotopic (exact) mass is 211 g/mol. The van der Waals surface area contributed by atoms with Gasteiger partial charge in [-0.05, 0) is 38.8 Å². The van der Waals surface area contributed by atoms with Crippen LogP contribution in [0.25, 0.3) is 0 Å². The summed E-state index contributed by atoms with van der Waals surface area (Å²) in [6.45, 7) is 5.09. The van der Waals surface area contributed by atoms with E-state index in [9.17, 15) is 0 Å². The Morgan fingerprint density at radius 1 is 1.57 bits per heavy atom. The third kappa shape index (κ3) is 1.72. The first-order chi connectivity index (χ1) is 6.62. The molecule has 2 heterocycles. The van der Waals surface area contributed by atoms with Gasteiger partial charge in [-0.2, -0.15) is 0 Å². The number of aryl methyl sites for hydroxylation is 1. The molecule has 0 spiro atoms. The van der Waals surface area contributed by atoms with E-state index in [1.807, 2.05) is 0 Å². The Morgan fingerprint density at radius 3 is 2.86 bits per heavy atom. The molecule has 14 heavy (non-hydrogen) atoms. The fourth-order valence-electron chi connectivity index (χ4n) is 1.97. The maximum Gasteiger partial charge on any atom is 0.0855 e. The smallest absolute Gasteiger partial charge is 0.0855 e. The molecule has 1 aromatic heterocycles. The lowest BCUT2D eigenvalue weighted by molar-refractivity contribution is -0.000863. The Balaban J connectivity index is 2.18. The molecule has 0 bridgehead atoms. The molecule has 2 rings (SSSR count). The third-order valence-corrected chi connectivity index (χ3v) is 4.06. The van der Waals surface area contributed by atoms with E-state index in [1.54, 1.807) is 11.3 Å². The van der Waals surface area contributed by atoms with Crippen molar-refractivity contribution in [1.29, 1.82) is 0 Å². The van der Waals surface area contributed by atoms with Gasteiger partial charge >= 0.3 is 0 Å². The Morgan fingerprint density at radius 2 is 2.36 bits per heavy atom. The highest BCUT2D eigenvalue weighted by Gasteiger charge is 2.37. The summed E-state index contributed by atoms with van der Waals surface area (Å²) in [5.74, 6) is 0. The number of ether oxygens (including phenoxy) is 1. The van der Waals surface area contributed by atoms with Crippen molar-refractivity contribution in [1.82, 2.24) is 0 Å². The van der Waals surface area contributed by atoms with Crippen molar-refractivity contribution < 1.29 is 4.74 Å². The lowest BCUT2D eigenvalue weighted by Gasteiger charge is -2.29. The normalized spacial score (nSPS) is 29.4. The summed E-state index contributed by atoms with van der Waals surface area (Å²) >= 11 is 1.78. The van der Waals surface area contributed by atoms with Crippen LogP contribution in [0.5, 0.6) is 0 Å². The summed E-state index contributed by atoms with van der Waals surface area (Å²) in [4.78, 5) is 2.56. The highest BCUT2D eigenvalue weighted by atomic mass is 32.1. The number of hydrogen-bond donors (Lipinski definition) is 1. The average Bonchev–Trinajstić information content (AvgIpc) is 2.74. The highest BCUT2D eigenvalue weighted by molar-refractivity contribution is 7.12. The standard InChI is InChI=1S/C11H17NOS/c1-8-4-5-9(14-8)10(12)11(2)6-3-7-13-11/h4-5,10H,3,6-7,12H2,1-2H3. The zero-order chi connectivity index (χ0) is 10.2. The second kappa shape index (κ2) is 3.65. The van der Waals surface area contributed by atoms with Crippen molar-refractivity contribution in [2.24, 2.45) is 5.73 Å². The Labute approximate surface area is 89.1 Å². The minimum absolute atomic E-state index is 0.0312. The van der Waals surface area contributed by atoms with Crippen LogP contribution in [0.1, 0.15) is 35.6 Å². The summed E-state index contributed by atoms with van der Waals surface area (Å²) in [6.07, 6.45) is 2.21. The predicted octanol–water partition coefficient (Wildman–Crippen LogP) is 2.63. The van der Waals surface area contributed by atoms with Crippen LogP contribution >= 0.6 is 11.3 Å². The van der Waals surface area contributed by atoms with Crippen molar-refractivity contribution in [3.63, 3.8) is 0 Å². The summed E-state index contributed by atoms with van der Waals surface area (Å²) < 4.78 is 5.75. The van der Waals surface area contributed by atoms with Gasteiger partial charge in [0.2, 0.25) is 0 Å². The van der Waals surface area contributed by atoms with Crippen molar-refractivity contribution in [2.75, 3.05) is 6.61 Å². The lowest BCUT2D eigenvalue weighted by Crippen LogP contribution is -2.37. The molecule has 2 N–H and O–H groups in total. The number of hydrogen-bond acceptors (Lipinski definition) is 3. The minimum atomic E-state index is -0.142. The maximum atomic E-state index is 6.23. The van der Waals surface area contributed by atoms with Crippen LogP contribution < -0.4 is 5.73 Å². The summed E-state index contributed by atoms with van der Waals surface area (Å²) in [5.41, 5.74) is 6.09. The van der Waals surface area contributed by atoms with E-state index in [2.05, 4.69) is 26.0 Å². The lowest BCUT2D eigenvalue weighted by atomic mass is 9.93. The van der Waals surface area contributed by atoms with E-state index < -0.39 is 0 Å². The van der Waals surface area contributed by atoms with Gasteiger partial charge in [-0.25, -0.2) is 0 Å². The maximum absolute atomic E-state index is 6.23. The molecule has 2 nitrogen and oxygen atoms in total. The molecule has 0 radical (unpaired) electrons. The van der Waals surface area contributed by atoms with E-state index in [4.69, 9.17) is 10.5 Å². The molecule has 0 aliphatic carbocycles. The molecule has 3 heteroatoms. The first kappa shape index (κ1) is 10.1. The van der Waals surface area contributed by atoms with E-state index in [-0.39, 0.29) is 11.6 Å². The molecule has 0 saturated carbocycles. The molecule has 0 aromatic carbocycles. The Hall–Kier alpha value is -0.380. The first-order valence-electron chi connectivity index (χ1n) is 5.08. The van der Waals surface area contributed by atoms with Gasteiger partial charge in [0.05, 0.1) is 11.6 Å². The molecule has 1 aliphatic heterocycles. The topological polar surface area (TPSA) is 35.2 Å². The van der Waals surface area contributed by atoms with E-state index in [0.717, 1.165) is 19.4 Å². The second-order valence-electron chi connectivity index (χ2n) is 4.19. The average molecular weight is 211 g/mol. The van der Waals surface area contributed by atoms with Crippen LogP contribution in [0.4, 0.5) is 0 Å². The van der Waals surface area contributed by atoms with Crippen LogP contribution in [0, 0.1) is 6.92 Å². The minimum Gasteiger partial charge on any atom is -0.373 e. The number of thiophene rings is 1. The largest absolute Gasteiger partial charge is 0.373 e. The first-order valence-corrected chi connectivity index (χ1v) is 5.89. The number of rotatable bonds is 2. The van der Waals surface area contributed by atoms with Crippen molar-refractivity contribution in [3.05, 3.63) is 21.9 Å². The number of nitrogens with two attached hydrogens (primary N) is 1. The van der Waals surface area contributed by atoms with Crippen LogP contribution in [0.15, 0.2) is 12.1 Å². The van der Waals surface area contributed by atoms with Crippen molar-refractivity contribution in [2.45, 2.75) is 38.3 Å². The summed E-state index contributed by atoms with van der Waals surface area (Å²) in [5, 5.41) is 0. The van der Waals surface area contributed by atoms with E-state index in [1.165, 1.54) is 9.75 Å². The third-order valence-electron chi connectivity index (χ3n) is 2.97. The summed E-state index contributed by atoms with van der Waals surface area (Å²) in [6, 6.07) is 4.28. The molecular weight excluding hydrogens is 194 g/mol. The second-order valence-corrected chi connectivity index (χ2v) is 5.51. The quantitative estimate of drug-likeness (QED) is 0.816. The van der Waals surface area contributed by atoms with E-state index >= 15 is 0 Å². The molecule has 1 saturated heterocycles. The van der Waals surface area contributed by atoms with Gasteiger partial charge in [-0.15, -0.1) is 11.3 Å². The molecule has 78 valence electrons. The van der Waals surface area contributed by atoms with Gasteiger partial charge in [-0.1, -0.05) is 0 Å². The van der Waals surface area contributed by atoms with Crippen molar-refractivity contribution >= 4 is 11.3 Å². The predicted molar refractivity (Wildman–Crippen MR) is 59.6 cm³/mol. The molecule has 2 unspecified atom stereocenters. The van der Waals surface area contributed by atoms with Gasteiger partial charge in [0.25, 0.3) is 0 Å². The van der Waals surface area contributed by atoms with Gasteiger partial charge in [0.1, 0.15) is 0 Å². The van der Waals surface area contributed by atoms with Gasteiger partial charge in [0.15, 0.2) is 0 Å². The highest BCUT2D eigenvalue weighted by Crippen LogP contribution is 2.37. The summed E-state index contributed by atoms with van der Waals surface area (Å²) in [7, 11) is 0. The van der Waals surface area contributed by atoms with Gasteiger partial charge in [-0.3, -0.25) is 0 Å². The molecular formula is C11H17NOS. The molecule has 2 atom stereocenters. The molecule has 1 aromatic rings. The molecule has 0 amide bonds. The van der Waals surface area contributed by atoms with Gasteiger partial charge in [0, 0.05) is 16.4 Å². The van der Waals surface area contributed by atoms with Crippen LogP contribution in [0.2, 0.25) is 0 Å². The van der Waals surface area contributed by atoms with E-state index in [0.29, 0.717) is 0 Å². The molecule has 1 fully saturated rings. The van der Waals surface area contributed by atoms with Crippen LogP contribution in [-0.2, 0) is 4.74 Å². The van der Waals surface area contributed by atoms with Crippen LogP contribution in [0.3, 0.4) is 0 Å². The molecule has 1 aliphatic rings. The van der Waals surface area contributed by atoms with Gasteiger partial charge < -0.3 is 10.5 Å². The zero-order valence-electron chi connectivity index (χ0n) is 8.75. The fraction of sp³-hybridized carbons (Fsp3) is 0.636. The fourth-order valence-corrected chi connectivity index (χ4v) is 2.99.